The molecule has 0 aliphatic heterocycles. The number of ether oxygens (including phenoxy) is 1. The molecule has 0 saturated carbocycles. The number of carbonyl (C=O) groups excluding carboxylic acids is 2. The summed E-state index contributed by atoms with van der Waals surface area (Å²) < 4.78 is 4.74. The standard InChI is InChI=1S/C22H27NO3S/c1-15-11-16(2)21(17(3)12-15)23-20(24)9-6-10-27-14-18-7-5-8-19(13-18)22(25)26-4/h5,7-8,11-13H,6,9-10,14H2,1-4H3,(H,23,24). The average Bonchev–Trinajstić information content (AvgIpc) is 2.64. The van der Waals surface area contributed by atoms with E-state index in [-0.39, 0.29) is 11.9 Å². The molecule has 1 amide bonds. The lowest BCUT2D eigenvalue weighted by Gasteiger charge is -2.12. The number of benzene rings is 2. The Hall–Kier alpha value is -2.27. The Morgan fingerprint density at radius 3 is 2.44 bits per heavy atom. The van der Waals surface area contributed by atoms with Crippen LogP contribution < -0.4 is 5.32 Å². The van der Waals surface area contributed by atoms with Crippen molar-refractivity contribution in [2.24, 2.45) is 0 Å². The Kier molecular flexibility index (Phi) is 7.92. The fourth-order valence-electron chi connectivity index (χ4n) is 3.01. The minimum atomic E-state index is -0.319. The molecule has 144 valence electrons. The van der Waals surface area contributed by atoms with Crippen molar-refractivity contribution in [3.63, 3.8) is 0 Å². The van der Waals surface area contributed by atoms with Gasteiger partial charge in [0.25, 0.3) is 0 Å². The molecule has 0 radical (unpaired) electrons. The molecule has 2 rings (SSSR count). The number of aryl methyl sites for hydroxylation is 3. The number of hydrogen-bond acceptors (Lipinski definition) is 4. The van der Waals surface area contributed by atoms with E-state index in [1.165, 1.54) is 12.7 Å². The van der Waals surface area contributed by atoms with Gasteiger partial charge in [-0.15, -0.1) is 0 Å². The van der Waals surface area contributed by atoms with E-state index >= 15 is 0 Å². The van der Waals surface area contributed by atoms with Gasteiger partial charge in [0, 0.05) is 17.9 Å². The molecular weight excluding hydrogens is 358 g/mol. The van der Waals surface area contributed by atoms with Crippen LogP contribution in [0.25, 0.3) is 0 Å². The molecule has 0 spiro atoms. The molecule has 0 saturated heterocycles. The number of methoxy groups -OCH3 is 1. The van der Waals surface area contributed by atoms with Gasteiger partial charge in [-0.2, -0.15) is 11.8 Å². The summed E-state index contributed by atoms with van der Waals surface area (Å²) in [7, 11) is 1.38. The van der Waals surface area contributed by atoms with Crippen LogP contribution in [0.1, 0.15) is 45.5 Å². The van der Waals surface area contributed by atoms with Gasteiger partial charge in [0.15, 0.2) is 0 Å². The van der Waals surface area contributed by atoms with E-state index in [0.717, 1.165) is 40.3 Å². The van der Waals surface area contributed by atoms with E-state index in [9.17, 15) is 9.59 Å². The summed E-state index contributed by atoms with van der Waals surface area (Å²) in [5.41, 5.74) is 5.98. The van der Waals surface area contributed by atoms with Crippen LogP contribution >= 0.6 is 11.8 Å². The van der Waals surface area contributed by atoms with E-state index in [1.54, 1.807) is 17.8 Å². The van der Waals surface area contributed by atoms with E-state index in [0.29, 0.717) is 12.0 Å². The Morgan fingerprint density at radius 2 is 1.78 bits per heavy atom. The summed E-state index contributed by atoms with van der Waals surface area (Å²) in [5.74, 6) is 1.43. The number of anilines is 1. The molecule has 5 heteroatoms. The summed E-state index contributed by atoms with van der Waals surface area (Å²) >= 11 is 1.76. The van der Waals surface area contributed by atoms with Crippen molar-refractivity contribution in [1.82, 2.24) is 0 Å². The summed E-state index contributed by atoms with van der Waals surface area (Å²) in [6, 6.07) is 11.6. The van der Waals surface area contributed by atoms with Gasteiger partial charge in [0.05, 0.1) is 12.7 Å². The molecule has 0 aliphatic carbocycles. The van der Waals surface area contributed by atoms with Crippen LogP contribution in [-0.4, -0.2) is 24.7 Å². The number of esters is 1. The van der Waals surface area contributed by atoms with Gasteiger partial charge in [-0.3, -0.25) is 4.79 Å². The minimum Gasteiger partial charge on any atom is -0.465 e. The molecule has 0 aliphatic rings. The third kappa shape index (κ3) is 6.43. The number of amides is 1. The van der Waals surface area contributed by atoms with Crippen LogP contribution in [0.5, 0.6) is 0 Å². The highest BCUT2D eigenvalue weighted by Gasteiger charge is 2.09. The second-order valence-corrected chi connectivity index (χ2v) is 7.78. The first-order valence-corrected chi connectivity index (χ1v) is 10.2. The van der Waals surface area contributed by atoms with Crippen molar-refractivity contribution in [2.45, 2.75) is 39.4 Å². The molecule has 0 unspecified atom stereocenters. The minimum absolute atomic E-state index is 0.0540. The largest absolute Gasteiger partial charge is 0.465 e. The summed E-state index contributed by atoms with van der Waals surface area (Å²) in [5, 5.41) is 3.04. The van der Waals surface area contributed by atoms with Gasteiger partial charge in [-0.1, -0.05) is 29.8 Å². The molecule has 2 aromatic carbocycles. The number of hydrogen-bond donors (Lipinski definition) is 1. The SMILES string of the molecule is COC(=O)c1cccc(CSCCCC(=O)Nc2c(C)cc(C)cc2C)c1. The first-order chi connectivity index (χ1) is 12.9. The second kappa shape index (κ2) is 10.2. The number of nitrogens with one attached hydrogen (secondary N) is 1. The van der Waals surface area contributed by atoms with Gasteiger partial charge in [0.1, 0.15) is 0 Å². The van der Waals surface area contributed by atoms with Crippen molar-refractivity contribution in [3.8, 4) is 0 Å². The fourth-order valence-corrected chi connectivity index (χ4v) is 3.92. The third-order valence-electron chi connectivity index (χ3n) is 4.25. The maximum absolute atomic E-state index is 12.2. The zero-order valence-corrected chi connectivity index (χ0v) is 17.2. The molecule has 0 bridgehead atoms. The molecular formula is C22H27NO3S. The van der Waals surface area contributed by atoms with Gasteiger partial charge in [-0.25, -0.2) is 4.79 Å². The summed E-state index contributed by atoms with van der Waals surface area (Å²) in [4.78, 5) is 23.8. The first kappa shape index (κ1) is 21.0. The highest BCUT2D eigenvalue weighted by Crippen LogP contribution is 2.22. The quantitative estimate of drug-likeness (QED) is 0.510. The number of carbonyl (C=O) groups is 2. The van der Waals surface area contributed by atoms with Crippen LogP contribution in [-0.2, 0) is 15.3 Å². The van der Waals surface area contributed by atoms with Crippen LogP contribution in [0.2, 0.25) is 0 Å². The number of thioether (sulfide) groups is 1. The Bertz CT molecular complexity index is 794. The summed E-state index contributed by atoms with van der Waals surface area (Å²) in [6.45, 7) is 6.10. The van der Waals surface area contributed by atoms with Crippen molar-refractivity contribution < 1.29 is 14.3 Å². The molecule has 2 aromatic rings. The van der Waals surface area contributed by atoms with E-state index < -0.39 is 0 Å². The van der Waals surface area contributed by atoms with Crippen molar-refractivity contribution >= 4 is 29.3 Å². The smallest absolute Gasteiger partial charge is 0.337 e. The van der Waals surface area contributed by atoms with Gasteiger partial charge in [-0.05, 0) is 61.8 Å². The average molecular weight is 386 g/mol. The maximum Gasteiger partial charge on any atom is 0.337 e. The highest BCUT2D eigenvalue weighted by atomic mass is 32.2. The second-order valence-electron chi connectivity index (χ2n) is 6.67. The molecule has 0 atom stereocenters. The van der Waals surface area contributed by atoms with Crippen molar-refractivity contribution in [1.29, 1.82) is 0 Å². The maximum atomic E-state index is 12.2. The zero-order valence-electron chi connectivity index (χ0n) is 16.4. The van der Waals surface area contributed by atoms with Crippen molar-refractivity contribution in [3.05, 3.63) is 64.2 Å². The predicted octanol–water partition coefficient (Wildman–Crippen LogP) is 5.05. The Labute approximate surface area is 165 Å². The fraction of sp³-hybridized carbons (Fsp3) is 0.364. The topological polar surface area (TPSA) is 55.4 Å². The molecule has 0 heterocycles. The van der Waals surface area contributed by atoms with Crippen LogP contribution in [0.3, 0.4) is 0 Å². The molecule has 1 N–H and O–H groups in total. The van der Waals surface area contributed by atoms with E-state index in [4.69, 9.17) is 4.74 Å². The van der Waals surface area contributed by atoms with Gasteiger partial charge >= 0.3 is 5.97 Å². The van der Waals surface area contributed by atoms with E-state index in [2.05, 4.69) is 24.4 Å². The molecule has 4 nitrogen and oxygen atoms in total. The third-order valence-corrected chi connectivity index (χ3v) is 5.37. The Morgan fingerprint density at radius 1 is 1.07 bits per heavy atom. The normalized spacial score (nSPS) is 10.5. The predicted molar refractivity (Wildman–Crippen MR) is 112 cm³/mol. The van der Waals surface area contributed by atoms with Crippen LogP contribution in [0.4, 0.5) is 5.69 Å². The van der Waals surface area contributed by atoms with Crippen LogP contribution in [0.15, 0.2) is 36.4 Å². The molecule has 0 fully saturated rings. The number of rotatable bonds is 8. The van der Waals surface area contributed by atoms with Crippen LogP contribution in [0, 0.1) is 20.8 Å². The van der Waals surface area contributed by atoms with Crippen molar-refractivity contribution in [2.75, 3.05) is 18.2 Å². The Balaban J connectivity index is 1.74. The lowest BCUT2D eigenvalue weighted by molar-refractivity contribution is -0.116. The highest BCUT2D eigenvalue weighted by molar-refractivity contribution is 7.98. The van der Waals surface area contributed by atoms with Gasteiger partial charge < -0.3 is 10.1 Å². The molecule has 0 aromatic heterocycles. The summed E-state index contributed by atoms with van der Waals surface area (Å²) in [6.07, 6.45) is 1.32. The monoisotopic (exact) mass is 385 g/mol. The lowest BCUT2D eigenvalue weighted by Crippen LogP contribution is -2.13. The lowest BCUT2D eigenvalue weighted by atomic mass is 10.0. The van der Waals surface area contributed by atoms with E-state index in [1.807, 2.05) is 32.0 Å². The molecule has 27 heavy (non-hydrogen) atoms. The first-order valence-electron chi connectivity index (χ1n) is 9.03. The van der Waals surface area contributed by atoms with Gasteiger partial charge in [0.2, 0.25) is 5.91 Å². The zero-order chi connectivity index (χ0) is 19.8.